The summed E-state index contributed by atoms with van der Waals surface area (Å²) in [5, 5.41) is 11.7. The minimum atomic E-state index is 0.357. The Bertz CT molecular complexity index is 525. The van der Waals surface area contributed by atoms with Crippen molar-refractivity contribution < 1.29 is 0 Å². The summed E-state index contributed by atoms with van der Waals surface area (Å²) in [6.45, 7) is 0. The van der Waals surface area contributed by atoms with Gasteiger partial charge in [0.1, 0.15) is 0 Å². The summed E-state index contributed by atoms with van der Waals surface area (Å²) in [5.41, 5.74) is 7.57. The molecule has 14 heavy (non-hydrogen) atoms. The standard InChI is InChI=1S/C10H7BrN2S/c11-8-5-6(1-3-12)9(13)7-2-4-14-10(7)8/h2,4-5H,1,13H2. The first-order chi connectivity index (χ1) is 6.74. The molecule has 0 aliphatic heterocycles. The van der Waals surface area contributed by atoms with Crippen molar-refractivity contribution >= 4 is 43.0 Å². The fourth-order valence-electron chi connectivity index (χ4n) is 1.41. The van der Waals surface area contributed by atoms with Gasteiger partial charge in [0.2, 0.25) is 0 Å². The molecular formula is C10H7BrN2S. The summed E-state index contributed by atoms with van der Waals surface area (Å²) >= 11 is 5.12. The first kappa shape index (κ1) is 9.50. The molecule has 0 radical (unpaired) electrons. The molecule has 0 bridgehead atoms. The number of fused-ring (bicyclic) bond motifs is 1. The van der Waals surface area contributed by atoms with Gasteiger partial charge in [-0.15, -0.1) is 11.3 Å². The maximum Gasteiger partial charge on any atom is 0.0670 e. The van der Waals surface area contributed by atoms with Gasteiger partial charge in [-0.3, -0.25) is 0 Å². The van der Waals surface area contributed by atoms with Gasteiger partial charge in [-0.25, -0.2) is 0 Å². The number of nitrogen functional groups attached to an aromatic ring is 1. The van der Waals surface area contributed by atoms with Crippen molar-refractivity contribution in [1.29, 1.82) is 5.26 Å². The summed E-state index contributed by atoms with van der Waals surface area (Å²) in [6, 6.07) is 6.03. The molecular weight excluding hydrogens is 260 g/mol. The van der Waals surface area contributed by atoms with Crippen LogP contribution in [0, 0.1) is 11.3 Å². The smallest absolute Gasteiger partial charge is 0.0670 e. The first-order valence-electron chi connectivity index (χ1n) is 4.05. The summed E-state index contributed by atoms with van der Waals surface area (Å²) in [5.74, 6) is 0. The van der Waals surface area contributed by atoms with E-state index in [-0.39, 0.29) is 0 Å². The van der Waals surface area contributed by atoms with Crippen molar-refractivity contribution in [1.82, 2.24) is 0 Å². The zero-order valence-corrected chi connectivity index (χ0v) is 9.65. The van der Waals surface area contributed by atoms with E-state index in [4.69, 9.17) is 11.0 Å². The molecule has 0 saturated heterocycles. The maximum absolute atomic E-state index is 8.64. The minimum absolute atomic E-state index is 0.357. The lowest BCUT2D eigenvalue weighted by molar-refractivity contribution is 1.27. The van der Waals surface area contributed by atoms with Crippen LogP contribution in [-0.4, -0.2) is 0 Å². The average molecular weight is 267 g/mol. The number of rotatable bonds is 1. The van der Waals surface area contributed by atoms with Crippen LogP contribution in [0.15, 0.2) is 22.0 Å². The average Bonchev–Trinajstić information content (AvgIpc) is 2.63. The van der Waals surface area contributed by atoms with E-state index in [1.807, 2.05) is 17.5 Å². The molecule has 1 heterocycles. The first-order valence-corrected chi connectivity index (χ1v) is 5.72. The zero-order chi connectivity index (χ0) is 10.1. The maximum atomic E-state index is 8.64. The Morgan fingerprint density at radius 3 is 3.07 bits per heavy atom. The van der Waals surface area contributed by atoms with Gasteiger partial charge in [-0.1, -0.05) is 0 Å². The quantitative estimate of drug-likeness (QED) is 0.806. The van der Waals surface area contributed by atoms with Crippen LogP contribution in [0.3, 0.4) is 0 Å². The molecule has 0 aliphatic rings. The summed E-state index contributed by atoms with van der Waals surface area (Å²) < 4.78 is 2.16. The van der Waals surface area contributed by atoms with E-state index in [0.29, 0.717) is 6.42 Å². The van der Waals surface area contributed by atoms with Crippen LogP contribution in [0.25, 0.3) is 10.1 Å². The van der Waals surface area contributed by atoms with E-state index in [1.165, 1.54) is 0 Å². The molecule has 2 N–H and O–H groups in total. The lowest BCUT2D eigenvalue weighted by Crippen LogP contribution is -1.94. The number of hydrogen-bond acceptors (Lipinski definition) is 3. The van der Waals surface area contributed by atoms with Crippen LogP contribution < -0.4 is 5.73 Å². The number of hydrogen-bond donors (Lipinski definition) is 1. The van der Waals surface area contributed by atoms with Gasteiger partial charge >= 0.3 is 0 Å². The highest BCUT2D eigenvalue weighted by Gasteiger charge is 2.08. The third kappa shape index (κ3) is 1.39. The number of nitrogens with two attached hydrogens (primary N) is 1. The molecule has 0 fully saturated rings. The van der Waals surface area contributed by atoms with Crippen molar-refractivity contribution in [2.45, 2.75) is 6.42 Å². The molecule has 2 aromatic rings. The monoisotopic (exact) mass is 266 g/mol. The SMILES string of the molecule is N#CCc1cc(Br)c2sccc2c1N. The second-order valence-corrected chi connectivity index (χ2v) is 4.70. The van der Waals surface area contributed by atoms with Gasteiger partial charge in [0.05, 0.1) is 17.2 Å². The van der Waals surface area contributed by atoms with Crippen LogP contribution >= 0.6 is 27.3 Å². The molecule has 2 nitrogen and oxygen atoms in total. The lowest BCUT2D eigenvalue weighted by Gasteiger charge is -2.04. The zero-order valence-electron chi connectivity index (χ0n) is 7.25. The van der Waals surface area contributed by atoms with E-state index in [2.05, 4.69) is 22.0 Å². The van der Waals surface area contributed by atoms with Crippen molar-refractivity contribution in [3.8, 4) is 6.07 Å². The third-order valence-electron chi connectivity index (χ3n) is 2.09. The molecule has 70 valence electrons. The molecule has 0 atom stereocenters. The van der Waals surface area contributed by atoms with E-state index in [1.54, 1.807) is 11.3 Å². The van der Waals surface area contributed by atoms with Crippen molar-refractivity contribution in [3.05, 3.63) is 27.5 Å². The molecule has 4 heteroatoms. The second kappa shape index (κ2) is 3.60. The van der Waals surface area contributed by atoms with Gasteiger partial charge in [0.15, 0.2) is 0 Å². The molecule has 0 saturated carbocycles. The van der Waals surface area contributed by atoms with Crippen LogP contribution in [0.5, 0.6) is 0 Å². The predicted octanol–water partition coefficient (Wildman–Crippen LogP) is 3.31. The van der Waals surface area contributed by atoms with Crippen LogP contribution in [0.2, 0.25) is 0 Å². The Morgan fingerprint density at radius 2 is 2.36 bits per heavy atom. The molecule has 1 aromatic heterocycles. The van der Waals surface area contributed by atoms with Gasteiger partial charge in [-0.05, 0) is 39.0 Å². The minimum Gasteiger partial charge on any atom is -0.398 e. The van der Waals surface area contributed by atoms with Gasteiger partial charge in [0, 0.05) is 15.5 Å². The van der Waals surface area contributed by atoms with Crippen molar-refractivity contribution in [3.63, 3.8) is 0 Å². The Balaban J connectivity index is 2.76. The Kier molecular flexibility index (Phi) is 2.44. The molecule has 0 unspecified atom stereocenters. The van der Waals surface area contributed by atoms with Crippen LogP contribution in [0.1, 0.15) is 5.56 Å². The normalized spacial score (nSPS) is 10.3. The largest absolute Gasteiger partial charge is 0.398 e. The molecule has 0 aliphatic carbocycles. The lowest BCUT2D eigenvalue weighted by atomic mass is 10.1. The van der Waals surface area contributed by atoms with E-state index < -0.39 is 0 Å². The fraction of sp³-hybridized carbons (Fsp3) is 0.100. The van der Waals surface area contributed by atoms with E-state index in [0.717, 1.165) is 25.8 Å². The number of anilines is 1. The second-order valence-electron chi connectivity index (χ2n) is 2.93. The van der Waals surface area contributed by atoms with Crippen molar-refractivity contribution in [2.24, 2.45) is 0 Å². The summed E-state index contributed by atoms with van der Waals surface area (Å²) in [4.78, 5) is 0. The number of halogens is 1. The predicted molar refractivity (Wildman–Crippen MR) is 63.3 cm³/mol. The van der Waals surface area contributed by atoms with Gasteiger partial charge < -0.3 is 5.73 Å². The van der Waals surface area contributed by atoms with Crippen LogP contribution in [0.4, 0.5) is 5.69 Å². The van der Waals surface area contributed by atoms with Gasteiger partial charge in [-0.2, -0.15) is 5.26 Å². The Labute approximate surface area is 94.1 Å². The summed E-state index contributed by atoms with van der Waals surface area (Å²) in [7, 11) is 0. The van der Waals surface area contributed by atoms with E-state index in [9.17, 15) is 0 Å². The summed E-state index contributed by atoms with van der Waals surface area (Å²) in [6.07, 6.45) is 0.357. The Hall–Kier alpha value is -1.05. The van der Waals surface area contributed by atoms with Gasteiger partial charge in [0.25, 0.3) is 0 Å². The molecule has 0 spiro atoms. The third-order valence-corrected chi connectivity index (χ3v) is 3.92. The topological polar surface area (TPSA) is 49.8 Å². The fourth-order valence-corrected chi connectivity index (χ4v) is 2.99. The van der Waals surface area contributed by atoms with E-state index >= 15 is 0 Å². The number of thiophene rings is 1. The van der Waals surface area contributed by atoms with Crippen molar-refractivity contribution in [2.75, 3.05) is 5.73 Å². The highest BCUT2D eigenvalue weighted by atomic mass is 79.9. The molecule has 1 aromatic carbocycles. The van der Waals surface area contributed by atoms with Crippen LogP contribution in [-0.2, 0) is 6.42 Å². The Morgan fingerprint density at radius 1 is 1.57 bits per heavy atom. The number of nitriles is 1. The number of nitrogens with zero attached hydrogens (tertiary/aromatic N) is 1. The highest BCUT2D eigenvalue weighted by Crippen LogP contribution is 2.35. The highest BCUT2D eigenvalue weighted by molar-refractivity contribution is 9.10. The molecule has 2 rings (SSSR count). The number of benzene rings is 1. The molecule has 0 amide bonds.